The highest BCUT2D eigenvalue weighted by Crippen LogP contribution is 2.32. The molecule has 2 heterocycles. The van der Waals surface area contributed by atoms with E-state index in [0.29, 0.717) is 55.5 Å². The van der Waals surface area contributed by atoms with Gasteiger partial charge in [0.2, 0.25) is 0 Å². The van der Waals surface area contributed by atoms with Crippen molar-refractivity contribution in [3.63, 3.8) is 0 Å². The highest BCUT2D eigenvalue weighted by molar-refractivity contribution is 5.95. The van der Waals surface area contributed by atoms with E-state index in [-0.39, 0.29) is 24.4 Å². The summed E-state index contributed by atoms with van der Waals surface area (Å²) < 4.78 is 18.7. The van der Waals surface area contributed by atoms with Crippen molar-refractivity contribution >= 4 is 17.9 Å². The topological polar surface area (TPSA) is 82.2 Å². The Bertz CT molecular complexity index is 1200. The molecule has 1 saturated heterocycles. The number of nitrogens with one attached hydrogen (secondary N) is 1. The van der Waals surface area contributed by atoms with Crippen molar-refractivity contribution in [2.45, 2.75) is 32.7 Å². The Morgan fingerprint density at radius 3 is 2.24 bits per heavy atom. The van der Waals surface area contributed by atoms with Gasteiger partial charge < -0.3 is 15.0 Å². The summed E-state index contributed by atoms with van der Waals surface area (Å²) in [6, 6.07) is 12.5. The maximum absolute atomic E-state index is 13.2. The van der Waals surface area contributed by atoms with Gasteiger partial charge in [0.15, 0.2) is 0 Å². The lowest BCUT2D eigenvalue weighted by Gasteiger charge is -2.39. The van der Waals surface area contributed by atoms with Gasteiger partial charge in [-0.15, -0.1) is 0 Å². The third kappa shape index (κ3) is 5.88. The lowest BCUT2D eigenvalue weighted by atomic mass is 9.92. The summed E-state index contributed by atoms with van der Waals surface area (Å²) in [6.45, 7) is 8.65. The fourth-order valence-electron chi connectivity index (χ4n) is 4.82. The van der Waals surface area contributed by atoms with E-state index in [9.17, 15) is 18.8 Å². The molecule has 9 heteroatoms. The highest BCUT2D eigenvalue weighted by Gasteiger charge is 2.37. The van der Waals surface area contributed by atoms with Gasteiger partial charge in [-0.3, -0.25) is 14.6 Å². The molecule has 0 radical (unpaired) electrons. The zero-order valence-electron chi connectivity index (χ0n) is 22.4. The van der Waals surface area contributed by atoms with E-state index < -0.39 is 12.0 Å². The molecule has 0 spiro atoms. The van der Waals surface area contributed by atoms with Crippen LogP contribution in [0.3, 0.4) is 0 Å². The van der Waals surface area contributed by atoms with Crippen LogP contribution in [0.25, 0.3) is 0 Å². The van der Waals surface area contributed by atoms with Gasteiger partial charge in [0, 0.05) is 51.0 Å². The number of hydrogen-bond acceptors (Lipinski definition) is 5. The molecule has 1 atom stereocenters. The average Bonchev–Trinajstić information content (AvgIpc) is 2.91. The molecule has 3 amide bonds. The number of esters is 1. The number of nitrogens with zero attached hydrogens (tertiary/aromatic N) is 3. The number of piperazine rings is 1. The quantitative estimate of drug-likeness (QED) is 0.558. The Morgan fingerprint density at radius 1 is 1.03 bits per heavy atom. The van der Waals surface area contributed by atoms with Crippen LogP contribution in [0.15, 0.2) is 59.8 Å². The third-order valence-corrected chi connectivity index (χ3v) is 7.13. The maximum Gasteiger partial charge on any atom is 0.338 e. The van der Waals surface area contributed by atoms with Gasteiger partial charge >= 0.3 is 12.0 Å². The number of carbonyl (C=O) groups is 3. The van der Waals surface area contributed by atoms with E-state index in [1.54, 1.807) is 18.9 Å². The van der Waals surface area contributed by atoms with Crippen LogP contribution in [0.4, 0.5) is 9.18 Å². The van der Waals surface area contributed by atoms with Crippen molar-refractivity contribution in [1.82, 2.24) is 20.0 Å². The number of urea groups is 1. The number of likely N-dealkylation sites (N-methyl/N-ethyl adjacent to an activating group) is 1. The van der Waals surface area contributed by atoms with E-state index >= 15 is 0 Å². The largest absolute Gasteiger partial charge is 0.463 e. The van der Waals surface area contributed by atoms with Crippen LogP contribution >= 0.6 is 0 Å². The molecule has 2 aromatic carbocycles. The van der Waals surface area contributed by atoms with Crippen molar-refractivity contribution in [3.8, 4) is 0 Å². The normalized spacial score (nSPS) is 18.6. The lowest BCUT2D eigenvalue weighted by Crippen LogP contribution is -2.53. The third-order valence-electron chi connectivity index (χ3n) is 7.13. The SMILES string of the molecule is CCOC(=O)C1=C(CN2CCN(C(=O)c3ccc(F)cc3)CC2)N(C)C(=O)N[C@H]1c1ccc(C(C)C)cc1. The Morgan fingerprint density at radius 2 is 1.66 bits per heavy atom. The fraction of sp³-hybridized carbons (Fsp3) is 0.414. The molecule has 0 unspecified atom stereocenters. The number of halogens is 1. The molecule has 38 heavy (non-hydrogen) atoms. The first-order chi connectivity index (χ1) is 18.2. The molecule has 1 fully saturated rings. The molecule has 0 aliphatic carbocycles. The second kappa shape index (κ2) is 11.8. The number of carbonyl (C=O) groups excluding carboxylic acids is 3. The summed E-state index contributed by atoms with van der Waals surface area (Å²) in [6.07, 6.45) is 0. The first kappa shape index (κ1) is 27.3. The predicted octanol–water partition coefficient (Wildman–Crippen LogP) is 3.92. The van der Waals surface area contributed by atoms with Crippen molar-refractivity contribution in [1.29, 1.82) is 0 Å². The van der Waals surface area contributed by atoms with Gasteiger partial charge in [0.05, 0.1) is 18.2 Å². The standard InChI is InChI=1S/C29H35FN4O4/c1-5-38-28(36)25-24(32(4)29(37)31-26(25)21-8-6-20(7-9-21)19(2)3)18-33-14-16-34(17-15-33)27(35)22-10-12-23(30)13-11-22/h6-13,19,26H,5,14-18H2,1-4H3,(H,31,37)/t26-/m0/s1. The van der Waals surface area contributed by atoms with Crippen LogP contribution < -0.4 is 5.32 Å². The number of benzene rings is 2. The molecule has 0 saturated carbocycles. The molecule has 4 rings (SSSR count). The van der Waals surface area contributed by atoms with Crippen LogP contribution in [0.2, 0.25) is 0 Å². The zero-order valence-corrected chi connectivity index (χ0v) is 22.4. The summed E-state index contributed by atoms with van der Waals surface area (Å²) in [5, 5.41) is 2.96. The second-order valence-electron chi connectivity index (χ2n) is 9.92. The predicted molar refractivity (Wildman–Crippen MR) is 142 cm³/mol. The lowest BCUT2D eigenvalue weighted by molar-refractivity contribution is -0.139. The average molecular weight is 523 g/mol. The Hall–Kier alpha value is -3.72. The summed E-state index contributed by atoms with van der Waals surface area (Å²) in [5.74, 6) is -0.625. The highest BCUT2D eigenvalue weighted by atomic mass is 19.1. The van der Waals surface area contributed by atoms with Crippen molar-refractivity contribution in [2.24, 2.45) is 0 Å². The van der Waals surface area contributed by atoms with E-state index in [4.69, 9.17) is 4.74 Å². The molecule has 2 aromatic rings. The minimum absolute atomic E-state index is 0.143. The van der Waals surface area contributed by atoms with E-state index in [2.05, 4.69) is 24.1 Å². The number of amides is 3. The molecule has 2 aliphatic heterocycles. The summed E-state index contributed by atoms with van der Waals surface area (Å²) >= 11 is 0. The summed E-state index contributed by atoms with van der Waals surface area (Å²) in [4.78, 5) is 44.4. The molecule has 2 aliphatic rings. The van der Waals surface area contributed by atoms with E-state index in [0.717, 1.165) is 5.56 Å². The van der Waals surface area contributed by atoms with Crippen molar-refractivity contribution in [3.05, 3.63) is 82.3 Å². The van der Waals surface area contributed by atoms with Gasteiger partial charge in [-0.2, -0.15) is 0 Å². The molecular weight excluding hydrogens is 487 g/mol. The van der Waals surface area contributed by atoms with Crippen LogP contribution in [-0.2, 0) is 9.53 Å². The smallest absolute Gasteiger partial charge is 0.338 e. The van der Waals surface area contributed by atoms with Crippen molar-refractivity contribution < 1.29 is 23.5 Å². The number of ether oxygens (including phenoxy) is 1. The van der Waals surface area contributed by atoms with Gasteiger partial charge in [-0.05, 0) is 48.2 Å². The Kier molecular flexibility index (Phi) is 8.46. The van der Waals surface area contributed by atoms with Gasteiger partial charge in [-0.25, -0.2) is 14.0 Å². The van der Waals surface area contributed by atoms with Crippen LogP contribution in [-0.4, -0.2) is 79.0 Å². The van der Waals surface area contributed by atoms with Gasteiger partial charge in [-0.1, -0.05) is 38.1 Å². The van der Waals surface area contributed by atoms with Gasteiger partial charge in [0.25, 0.3) is 5.91 Å². The first-order valence-corrected chi connectivity index (χ1v) is 13.0. The Balaban J connectivity index is 1.56. The number of rotatable bonds is 7. The van der Waals surface area contributed by atoms with Crippen LogP contribution in [0, 0.1) is 5.82 Å². The fourth-order valence-corrected chi connectivity index (χ4v) is 4.82. The van der Waals surface area contributed by atoms with Gasteiger partial charge in [0.1, 0.15) is 5.82 Å². The summed E-state index contributed by atoms with van der Waals surface area (Å²) in [7, 11) is 1.65. The minimum atomic E-state index is -0.629. The zero-order chi connectivity index (χ0) is 27.4. The Labute approximate surface area is 223 Å². The summed E-state index contributed by atoms with van der Waals surface area (Å²) in [5.41, 5.74) is 3.43. The maximum atomic E-state index is 13.2. The van der Waals surface area contributed by atoms with E-state index in [1.807, 2.05) is 24.3 Å². The van der Waals surface area contributed by atoms with Crippen LogP contribution in [0.5, 0.6) is 0 Å². The molecular formula is C29H35FN4O4. The molecule has 1 N–H and O–H groups in total. The molecule has 0 aromatic heterocycles. The monoisotopic (exact) mass is 522 g/mol. The minimum Gasteiger partial charge on any atom is -0.463 e. The second-order valence-corrected chi connectivity index (χ2v) is 9.92. The van der Waals surface area contributed by atoms with Crippen molar-refractivity contribution in [2.75, 3.05) is 46.4 Å². The first-order valence-electron chi connectivity index (χ1n) is 13.0. The molecule has 202 valence electrons. The molecule has 0 bridgehead atoms. The van der Waals surface area contributed by atoms with Crippen LogP contribution in [0.1, 0.15) is 54.2 Å². The number of hydrogen-bond donors (Lipinski definition) is 1. The van der Waals surface area contributed by atoms with E-state index in [1.165, 1.54) is 34.7 Å². The molecule has 8 nitrogen and oxygen atoms in total.